The van der Waals surface area contributed by atoms with Gasteiger partial charge in [-0.1, -0.05) is 13.8 Å². The monoisotopic (exact) mass is 210 g/mol. The number of halogens is 3. The van der Waals surface area contributed by atoms with E-state index in [9.17, 15) is 13.2 Å². The first-order valence-corrected chi connectivity index (χ1v) is 4.88. The van der Waals surface area contributed by atoms with Gasteiger partial charge in [-0.2, -0.15) is 13.2 Å². The SMILES string of the molecule is CC(C)C(N1CCC(N)C1)C(F)(F)F. The van der Waals surface area contributed by atoms with E-state index >= 15 is 0 Å². The summed E-state index contributed by atoms with van der Waals surface area (Å²) in [6, 6.07) is -1.44. The molecule has 5 heteroatoms. The minimum atomic E-state index is -4.14. The molecule has 1 aliphatic heterocycles. The van der Waals surface area contributed by atoms with Crippen molar-refractivity contribution in [1.82, 2.24) is 4.90 Å². The van der Waals surface area contributed by atoms with Crippen molar-refractivity contribution >= 4 is 0 Å². The molecule has 0 saturated carbocycles. The summed E-state index contributed by atoms with van der Waals surface area (Å²) in [6.45, 7) is 4.02. The van der Waals surface area contributed by atoms with Gasteiger partial charge < -0.3 is 5.73 Å². The summed E-state index contributed by atoms with van der Waals surface area (Å²) in [5.41, 5.74) is 5.60. The van der Waals surface area contributed by atoms with E-state index in [1.54, 1.807) is 13.8 Å². The van der Waals surface area contributed by atoms with Gasteiger partial charge in [-0.25, -0.2) is 0 Å². The highest BCUT2D eigenvalue weighted by Gasteiger charge is 2.46. The van der Waals surface area contributed by atoms with Gasteiger partial charge in [0, 0.05) is 19.1 Å². The minimum absolute atomic E-state index is 0.0985. The van der Waals surface area contributed by atoms with Crippen molar-refractivity contribution in [2.75, 3.05) is 13.1 Å². The third-order valence-corrected chi connectivity index (χ3v) is 2.62. The number of nitrogens with two attached hydrogens (primary N) is 1. The first kappa shape index (κ1) is 11.8. The zero-order valence-corrected chi connectivity index (χ0v) is 8.51. The van der Waals surface area contributed by atoms with Gasteiger partial charge in [-0.3, -0.25) is 4.90 Å². The number of hydrogen-bond acceptors (Lipinski definition) is 2. The molecule has 1 fully saturated rings. The van der Waals surface area contributed by atoms with Gasteiger partial charge in [0.05, 0.1) is 0 Å². The molecule has 0 aromatic carbocycles. The molecule has 2 nitrogen and oxygen atoms in total. The molecular weight excluding hydrogens is 193 g/mol. The number of hydrogen-bond donors (Lipinski definition) is 1. The Hall–Kier alpha value is -0.290. The van der Waals surface area contributed by atoms with Gasteiger partial charge in [-0.15, -0.1) is 0 Å². The highest BCUT2D eigenvalue weighted by molar-refractivity contribution is 4.88. The normalized spacial score (nSPS) is 27.2. The Morgan fingerprint density at radius 3 is 2.21 bits per heavy atom. The van der Waals surface area contributed by atoms with E-state index in [1.165, 1.54) is 4.90 Å². The van der Waals surface area contributed by atoms with Crippen LogP contribution in [0.25, 0.3) is 0 Å². The lowest BCUT2D eigenvalue weighted by Crippen LogP contribution is -2.48. The molecule has 0 aromatic rings. The van der Waals surface area contributed by atoms with Crippen molar-refractivity contribution in [3.8, 4) is 0 Å². The summed E-state index contributed by atoms with van der Waals surface area (Å²) >= 11 is 0. The summed E-state index contributed by atoms with van der Waals surface area (Å²) in [5, 5.41) is 0. The summed E-state index contributed by atoms with van der Waals surface area (Å²) in [7, 11) is 0. The van der Waals surface area contributed by atoms with E-state index in [4.69, 9.17) is 5.73 Å². The minimum Gasteiger partial charge on any atom is -0.326 e. The molecule has 1 rings (SSSR count). The second-order valence-electron chi connectivity index (χ2n) is 4.27. The van der Waals surface area contributed by atoms with Crippen LogP contribution in [0.15, 0.2) is 0 Å². The van der Waals surface area contributed by atoms with Crippen LogP contribution in [0.5, 0.6) is 0 Å². The average Bonchev–Trinajstić information content (AvgIpc) is 2.31. The quantitative estimate of drug-likeness (QED) is 0.750. The smallest absolute Gasteiger partial charge is 0.326 e. The standard InChI is InChI=1S/C9H17F3N2/c1-6(2)8(9(10,11)12)14-4-3-7(13)5-14/h6-8H,3-5,13H2,1-2H3. The van der Waals surface area contributed by atoms with E-state index < -0.39 is 18.1 Å². The molecule has 0 aliphatic carbocycles. The number of rotatable bonds is 2. The van der Waals surface area contributed by atoms with Crippen molar-refractivity contribution in [1.29, 1.82) is 0 Å². The molecule has 0 aromatic heterocycles. The molecule has 1 aliphatic rings. The van der Waals surface area contributed by atoms with Crippen LogP contribution >= 0.6 is 0 Å². The van der Waals surface area contributed by atoms with Gasteiger partial charge in [0.1, 0.15) is 6.04 Å². The van der Waals surface area contributed by atoms with E-state index in [2.05, 4.69) is 0 Å². The maximum absolute atomic E-state index is 12.7. The fourth-order valence-corrected chi connectivity index (χ4v) is 2.07. The molecule has 1 heterocycles. The molecule has 0 amide bonds. The Morgan fingerprint density at radius 2 is 1.93 bits per heavy atom. The largest absolute Gasteiger partial charge is 0.404 e. The second-order valence-corrected chi connectivity index (χ2v) is 4.27. The number of nitrogens with zero attached hydrogens (tertiary/aromatic N) is 1. The average molecular weight is 210 g/mol. The Balaban J connectivity index is 2.69. The van der Waals surface area contributed by atoms with Crippen LogP contribution < -0.4 is 5.73 Å². The van der Waals surface area contributed by atoms with Crippen LogP contribution in [0.4, 0.5) is 13.2 Å². The summed E-state index contributed by atoms with van der Waals surface area (Å²) in [6.07, 6.45) is -3.47. The van der Waals surface area contributed by atoms with E-state index in [-0.39, 0.29) is 6.04 Å². The van der Waals surface area contributed by atoms with Crippen molar-refractivity contribution in [2.45, 2.75) is 38.5 Å². The topological polar surface area (TPSA) is 29.3 Å². The highest BCUT2D eigenvalue weighted by atomic mass is 19.4. The zero-order chi connectivity index (χ0) is 10.9. The first-order valence-electron chi connectivity index (χ1n) is 4.88. The maximum atomic E-state index is 12.7. The molecule has 2 atom stereocenters. The first-order chi connectivity index (χ1) is 6.32. The second kappa shape index (κ2) is 4.06. The summed E-state index contributed by atoms with van der Waals surface area (Å²) < 4.78 is 38.0. The van der Waals surface area contributed by atoms with Crippen LogP contribution in [-0.4, -0.2) is 36.2 Å². The van der Waals surface area contributed by atoms with E-state index in [0.717, 1.165) is 0 Å². The van der Waals surface area contributed by atoms with Crippen molar-refractivity contribution in [3.63, 3.8) is 0 Å². The number of likely N-dealkylation sites (tertiary alicyclic amines) is 1. The number of alkyl halides is 3. The van der Waals surface area contributed by atoms with Crippen LogP contribution in [-0.2, 0) is 0 Å². The Bertz CT molecular complexity index is 191. The van der Waals surface area contributed by atoms with Gasteiger partial charge in [-0.05, 0) is 12.3 Å². The lowest BCUT2D eigenvalue weighted by Gasteiger charge is -2.32. The lowest BCUT2D eigenvalue weighted by molar-refractivity contribution is -0.192. The molecule has 0 radical (unpaired) electrons. The molecule has 0 bridgehead atoms. The Labute approximate surface area is 82.2 Å². The third kappa shape index (κ3) is 2.60. The highest BCUT2D eigenvalue weighted by Crippen LogP contribution is 2.31. The van der Waals surface area contributed by atoms with E-state index in [0.29, 0.717) is 19.5 Å². The molecule has 14 heavy (non-hydrogen) atoms. The predicted octanol–water partition coefficient (Wildman–Crippen LogP) is 1.61. The molecule has 2 unspecified atom stereocenters. The molecule has 2 N–H and O–H groups in total. The molecule has 84 valence electrons. The summed E-state index contributed by atoms with van der Waals surface area (Å²) in [4.78, 5) is 1.45. The van der Waals surface area contributed by atoms with E-state index in [1.807, 2.05) is 0 Å². The third-order valence-electron chi connectivity index (χ3n) is 2.62. The van der Waals surface area contributed by atoms with Crippen molar-refractivity contribution in [2.24, 2.45) is 11.7 Å². The van der Waals surface area contributed by atoms with Gasteiger partial charge in [0.25, 0.3) is 0 Å². The molecule has 0 spiro atoms. The van der Waals surface area contributed by atoms with Crippen LogP contribution in [0.3, 0.4) is 0 Å². The Morgan fingerprint density at radius 1 is 1.36 bits per heavy atom. The molecule has 1 saturated heterocycles. The van der Waals surface area contributed by atoms with Crippen LogP contribution in [0.1, 0.15) is 20.3 Å². The lowest BCUT2D eigenvalue weighted by atomic mass is 10.0. The molecular formula is C9H17F3N2. The van der Waals surface area contributed by atoms with Gasteiger partial charge in [0.2, 0.25) is 0 Å². The van der Waals surface area contributed by atoms with Crippen LogP contribution in [0.2, 0.25) is 0 Å². The van der Waals surface area contributed by atoms with Crippen LogP contribution in [0, 0.1) is 5.92 Å². The van der Waals surface area contributed by atoms with Gasteiger partial charge in [0.15, 0.2) is 0 Å². The Kier molecular flexibility index (Phi) is 3.42. The predicted molar refractivity (Wildman–Crippen MR) is 48.8 cm³/mol. The fourth-order valence-electron chi connectivity index (χ4n) is 2.07. The van der Waals surface area contributed by atoms with Crippen molar-refractivity contribution < 1.29 is 13.2 Å². The van der Waals surface area contributed by atoms with Gasteiger partial charge >= 0.3 is 6.18 Å². The summed E-state index contributed by atoms with van der Waals surface area (Å²) in [5.74, 6) is -0.416. The maximum Gasteiger partial charge on any atom is 0.404 e. The fraction of sp³-hybridized carbons (Fsp3) is 1.00. The zero-order valence-electron chi connectivity index (χ0n) is 8.51. The van der Waals surface area contributed by atoms with Crippen molar-refractivity contribution in [3.05, 3.63) is 0 Å².